The monoisotopic (exact) mass is 356 g/mol. The molecule has 6 heteroatoms. The van der Waals surface area contributed by atoms with E-state index >= 15 is 0 Å². The maximum atomic E-state index is 11.9. The van der Waals surface area contributed by atoms with E-state index in [1.165, 1.54) is 0 Å². The molecular formula is C20H24N2O4. The number of carbonyl (C=O) groups is 2. The first kappa shape index (κ1) is 19.3. The number of carbonyl (C=O) groups excluding carboxylic acids is 2. The van der Waals surface area contributed by atoms with Gasteiger partial charge < -0.3 is 20.1 Å². The lowest BCUT2D eigenvalue weighted by molar-refractivity contribution is 0.0526. The van der Waals surface area contributed by atoms with Gasteiger partial charge in [-0.1, -0.05) is 12.1 Å². The van der Waals surface area contributed by atoms with Gasteiger partial charge in [-0.2, -0.15) is 0 Å². The minimum Gasteiger partial charge on any atom is -0.494 e. The van der Waals surface area contributed by atoms with Crippen LogP contribution in [0.25, 0.3) is 0 Å². The van der Waals surface area contributed by atoms with E-state index < -0.39 is 0 Å². The van der Waals surface area contributed by atoms with Gasteiger partial charge in [-0.05, 0) is 62.2 Å². The van der Waals surface area contributed by atoms with Crippen molar-refractivity contribution in [3.05, 3.63) is 59.7 Å². The Morgan fingerprint density at radius 1 is 0.923 bits per heavy atom. The molecule has 2 aromatic carbocycles. The lowest BCUT2D eigenvalue weighted by atomic mass is 10.1. The summed E-state index contributed by atoms with van der Waals surface area (Å²) in [6, 6.07) is 14.1. The van der Waals surface area contributed by atoms with Crippen molar-refractivity contribution in [1.82, 2.24) is 5.32 Å². The second-order valence-electron chi connectivity index (χ2n) is 5.51. The summed E-state index contributed by atoms with van der Waals surface area (Å²) >= 11 is 0. The summed E-state index contributed by atoms with van der Waals surface area (Å²) in [5.74, 6) is 0.465. The van der Waals surface area contributed by atoms with Crippen LogP contribution in [0.1, 0.15) is 29.8 Å². The standard InChI is InChI=1S/C20H24N2O4/c1-3-25-18-11-5-15(6-12-18)13-14-21-20(24)22-17-9-7-16(8-10-17)19(23)26-4-2/h5-12H,3-4,13-14H2,1-2H3,(H2,21,22,24). The molecule has 0 unspecified atom stereocenters. The predicted octanol–water partition coefficient (Wildman–Crippen LogP) is 3.63. The number of esters is 1. The molecule has 0 aromatic heterocycles. The number of rotatable bonds is 8. The van der Waals surface area contributed by atoms with Crippen LogP contribution in [0.4, 0.5) is 10.5 Å². The molecule has 0 saturated heterocycles. The van der Waals surface area contributed by atoms with Crippen molar-refractivity contribution in [2.75, 3.05) is 25.1 Å². The zero-order chi connectivity index (χ0) is 18.8. The van der Waals surface area contributed by atoms with E-state index in [-0.39, 0.29) is 12.0 Å². The third-order valence-corrected chi connectivity index (χ3v) is 3.59. The fourth-order valence-corrected chi connectivity index (χ4v) is 2.32. The molecule has 6 nitrogen and oxygen atoms in total. The second kappa shape index (κ2) is 10.1. The third kappa shape index (κ3) is 6.12. The summed E-state index contributed by atoms with van der Waals surface area (Å²) in [5.41, 5.74) is 2.18. The van der Waals surface area contributed by atoms with E-state index in [0.29, 0.717) is 31.0 Å². The average Bonchev–Trinajstić information content (AvgIpc) is 2.64. The Bertz CT molecular complexity index is 712. The highest BCUT2D eigenvalue weighted by Crippen LogP contribution is 2.12. The Hall–Kier alpha value is -3.02. The maximum Gasteiger partial charge on any atom is 0.338 e. The van der Waals surface area contributed by atoms with Gasteiger partial charge in [0.1, 0.15) is 5.75 Å². The van der Waals surface area contributed by atoms with Crippen molar-refractivity contribution >= 4 is 17.7 Å². The van der Waals surface area contributed by atoms with Crippen LogP contribution >= 0.6 is 0 Å². The highest BCUT2D eigenvalue weighted by molar-refractivity contribution is 5.92. The van der Waals surface area contributed by atoms with Crippen molar-refractivity contribution in [1.29, 1.82) is 0 Å². The average molecular weight is 356 g/mol. The summed E-state index contributed by atoms with van der Waals surface area (Å²) in [5, 5.41) is 5.53. The molecule has 0 saturated carbocycles. The van der Waals surface area contributed by atoms with Gasteiger partial charge in [0.15, 0.2) is 0 Å². The molecule has 2 N–H and O–H groups in total. The summed E-state index contributed by atoms with van der Waals surface area (Å²) < 4.78 is 10.3. The summed E-state index contributed by atoms with van der Waals surface area (Å²) in [7, 11) is 0. The van der Waals surface area contributed by atoms with Crippen molar-refractivity contribution in [2.24, 2.45) is 0 Å². The van der Waals surface area contributed by atoms with Gasteiger partial charge in [0.25, 0.3) is 0 Å². The van der Waals surface area contributed by atoms with Gasteiger partial charge in [-0.3, -0.25) is 0 Å². The van der Waals surface area contributed by atoms with Crippen molar-refractivity contribution in [3.8, 4) is 5.75 Å². The zero-order valence-corrected chi connectivity index (χ0v) is 15.1. The molecule has 2 aromatic rings. The highest BCUT2D eigenvalue weighted by atomic mass is 16.5. The minimum absolute atomic E-state index is 0.292. The van der Waals surface area contributed by atoms with Crippen molar-refractivity contribution in [2.45, 2.75) is 20.3 Å². The lowest BCUT2D eigenvalue weighted by Crippen LogP contribution is -2.30. The Balaban J connectivity index is 1.75. The van der Waals surface area contributed by atoms with Crippen LogP contribution in [0, 0.1) is 0 Å². The van der Waals surface area contributed by atoms with Crippen LogP contribution in [0.2, 0.25) is 0 Å². The van der Waals surface area contributed by atoms with Gasteiger partial charge in [-0.15, -0.1) is 0 Å². The van der Waals surface area contributed by atoms with Gasteiger partial charge in [0.2, 0.25) is 0 Å². The van der Waals surface area contributed by atoms with Gasteiger partial charge >= 0.3 is 12.0 Å². The van der Waals surface area contributed by atoms with E-state index in [9.17, 15) is 9.59 Å². The Labute approximate surface area is 153 Å². The fraction of sp³-hybridized carbons (Fsp3) is 0.300. The van der Waals surface area contributed by atoms with E-state index in [0.717, 1.165) is 17.7 Å². The molecule has 138 valence electrons. The molecule has 2 rings (SSSR count). The highest BCUT2D eigenvalue weighted by Gasteiger charge is 2.07. The van der Waals surface area contributed by atoms with E-state index in [1.54, 1.807) is 31.2 Å². The first-order chi connectivity index (χ1) is 12.6. The van der Waals surface area contributed by atoms with Crippen LogP contribution in [0.15, 0.2) is 48.5 Å². The number of amides is 2. The Morgan fingerprint density at radius 3 is 2.23 bits per heavy atom. The number of urea groups is 1. The summed E-state index contributed by atoms with van der Waals surface area (Å²) in [4.78, 5) is 23.5. The first-order valence-corrected chi connectivity index (χ1v) is 8.66. The zero-order valence-electron chi connectivity index (χ0n) is 15.1. The minimum atomic E-state index is -0.376. The van der Waals surface area contributed by atoms with Gasteiger partial charge in [0.05, 0.1) is 18.8 Å². The number of ether oxygens (including phenoxy) is 2. The van der Waals surface area contributed by atoms with Gasteiger partial charge in [0, 0.05) is 12.2 Å². The summed E-state index contributed by atoms with van der Waals surface area (Å²) in [6.07, 6.45) is 0.724. The van der Waals surface area contributed by atoms with E-state index in [1.807, 2.05) is 31.2 Å². The molecule has 0 heterocycles. The second-order valence-corrected chi connectivity index (χ2v) is 5.51. The molecule has 0 aliphatic carbocycles. The molecule has 2 amide bonds. The first-order valence-electron chi connectivity index (χ1n) is 8.66. The Morgan fingerprint density at radius 2 is 1.62 bits per heavy atom. The number of hydrogen-bond acceptors (Lipinski definition) is 4. The summed E-state index contributed by atoms with van der Waals surface area (Å²) in [6.45, 7) is 5.19. The molecule has 26 heavy (non-hydrogen) atoms. The number of benzene rings is 2. The SMILES string of the molecule is CCOC(=O)c1ccc(NC(=O)NCCc2ccc(OCC)cc2)cc1. The molecule has 0 aliphatic heterocycles. The maximum absolute atomic E-state index is 11.9. The van der Waals surface area contributed by atoms with Crippen LogP contribution < -0.4 is 15.4 Å². The van der Waals surface area contributed by atoms with Crippen LogP contribution in [-0.4, -0.2) is 31.8 Å². The third-order valence-electron chi connectivity index (χ3n) is 3.59. The Kier molecular flexibility index (Phi) is 7.49. The molecule has 0 aliphatic rings. The molecule has 0 bridgehead atoms. The van der Waals surface area contributed by atoms with Crippen LogP contribution in [0.3, 0.4) is 0 Å². The van der Waals surface area contributed by atoms with Crippen molar-refractivity contribution in [3.63, 3.8) is 0 Å². The number of nitrogens with one attached hydrogen (secondary N) is 2. The largest absolute Gasteiger partial charge is 0.494 e. The predicted molar refractivity (Wildman–Crippen MR) is 101 cm³/mol. The van der Waals surface area contributed by atoms with E-state index in [2.05, 4.69) is 10.6 Å². The number of anilines is 1. The fourth-order valence-electron chi connectivity index (χ4n) is 2.32. The molecule has 0 radical (unpaired) electrons. The topological polar surface area (TPSA) is 76.7 Å². The number of hydrogen-bond donors (Lipinski definition) is 2. The van der Waals surface area contributed by atoms with Crippen molar-refractivity contribution < 1.29 is 19.1 Å². The molecule has 0 spiro atoms. The van der Waals surface area contributed by atoms with Crippen LogP contribution in [-0.2, 0) is 11.2 Å². The van der Waals surface area contributed by atoms with Gasteiger partial charge in [-0.25, -0.2) is 9.59 Å². The van der Waals surface area contributed by atoms with E-state index in [4.69, 9.17) is 9.47 Å². The molecule has 0 atom stereocenters. The normalized spacial score (nSPS) is 10.1. The molecule has 0 fully saturated rings. The lowest BCUT2D eigenvalue weighted by Gasteiger charge is -2.09. The smallest absolute Gasteiger partial charge is 0.338 e. The quantitative estimate of drug-likeness (QED) is 0.708. The molecular weight excluding hydrogens is 332 g/mol. The van der Waals surface area contributed by atoms with Crippen LogP contribution in [0.5, 0.6) is 5.75 Å².